The van der Waals surface area contributed by atoms with Crippen molar-refractivity contribution in [3.63, 3.8) is 0 Å². The molecule has 0 heterocycles. The van der Waals surface area contributed by atoms with Gasteiger partial charge in [0.2, 0.25) is 0 Å². The first-order valence-corrected chi connectivity index (χ1v) is 5.67. The third kappa shape index (κ3) is 1.59. The van der Waals surface area contributed by atoms with E-state index in [0.29, 0.717) is 6.54 Å². The lowest BCUT2D eigenvalue weighted by Crippen LogP contribution is -2.42. The van der Waals surface area contributed by atoms with E-state index in [1.807, 2.05) is 13.0 Å². The Morgan fingerprint density at radius 3 is 2.56 bits per heavy atom. The molecule has 88 valence electrons. The van der Waals surface area contributed by atoms with Crippen LogP contribution in [0.25, 0.3) is 0 Å². The molecule has 1 aromatic carbocycles. The molecule has 1 aromatic rings. The molecule has 0 unspecified atom stereocenters. The first kappa shape index (κ1) is 11.4. The molecule has 3 heteroatoms. The standard InChI is InChI=1S/C13H18FNO/c1-9-6-11(14)10(7-12(9)16-2)13(8-15)4-3-5-13/h6-7H,3-5,8,15H2,1-2H3. The Morgan fingerprint density at radius 2 is 2.12 bits per heavy atom. The highest BCUT2D eigenvalue weighted by atomic mass is 19.1. The third-order valence-electron chi connectivity index (χ3n) is 3.76. The highest BCUT2D eigenvalue weighted by Crippen LogP contribution is 2.45. The fourth-order valence-corrected chi connectivity index (χ4v) is 2.47. The first-order valence-electron chi connectivity index (χ1n) is 5.67. The molecule has 2 rings (SSSR count). The minimum atomic E-state index is -0.150. The van der Waals surface area contributed by atoms with E-state index < -0.39 is 0 Å². The largest absolute Gasteiger partial charge is 0.496 e. The van der Waals surface area contributed by atoms with Gasteiger partial charge in [0.25, 0.3) is 0 Å². The van der Waals surface area contributed by atoms with Gasteiger partial charge in [0.05, 0.1) is 7.11 Å². The van der Waals surface area contributed by atoms with Gasteiger partial charge in [-0.05, 0) is 43.0 Å². The van der Waals surface area contributed by atoms with Crippen LogP contribution in [0.3, 0.4) is 0 Å². The van der Waals surface area contributed by atoms with Crippen molar-refractivity contribution in [1.82, 2.24) is 0 Å². The van der Waals surface area contributed by atoms with E-state index in [1.165, 1.54) is 0 Å². The molecular weight excluding hydrogens is 205 g/mol. The fraction of sp³-hybridized carbons (Fsp3) is 0.538. The van der Waals surface area contributed by atoms with Gasteiger partial charge in [0.15, 0.2) is 0 Å². The highest BCUT2D eigenvalue weighted by molar-refractivity contribution is 5.42. The van der Waals surface area contributed by atoms with Crippen LogP contribution in [0.2, 0.25) is 0 Å². The SMILES string of the molecule is COc1cc(C2(CN)CCC2)c(F)cc1C. The molecule has 2 N–H and O–H groups in total. The van der Waals surface area contributed by atoms with Crippen LogP contribution < -0.4 is 10.5 Å². The monoisotopic (exact) mass is 223 g/mol. The summed E-state index contributed by atoms with van der Waals surface area (Å²) in [6.45, 7) is 2.36. The van der Waals surface area contributed by atoms with Crippen molar-refractivity contribution >= 4 is 0 Å². The van der Waals surface area contributed by atoms with E-state index in [-0.39, 0.29) is 11.2 Å². The summed E-state index contributed by atoms with van der Waals surface area (Å²) >= 11 is 0. The zero-order valence-corrected chi connectivity index (χ0v) is 9.85. The zero-order valence-electron chi connectivity index (χ0n) is 9.85. The quantitative estimate of drug-likeness (QED) is 0.854. The van der Waals surface area contributed by atoms with Gasteiger partial charge >= 0.3 is 0 Å². The smallest absolute Gasteiger partial charge is 0.127 e. The number of ether oxygens (including phenoxy) is 1. The van der Waals surface area contributed by atoms with Gasteiger partial charge in [-0.25, -0.2) is 4.39 Å². The van der Waals surface area contributed by atoms with E-state index in [4.69, 9.17) is 10.5 Å². The van der Waals surface area contributed by atoms with E-state index in [9.17, 15) is 4.39 Å². The van der Waals surface area contributed by atoms with Crippen LogP contribution in [0.4, 0.5) is 4.39 Å². The molecule has 0 radical (unpaired) electrons. The van der Waals surface area contributed by atoms with Crippen LogP contribution in [0.15, 0.2) is 12.1 Å². The maximum atomic E-state index is 14.0. The lowest BCUT2D eigenvalue weighted by atomic mass is 9.64. The van der Waals surface area contributed by atoms with Crippen LogP contribution >= 0.6 is 0 Å². The van der Waals surface area contributed by atoms with Gasteiger partial charge in [0.1, 0.15) is 11.6 Å². The molecule has 1 fully saturated rings. The van der Waals surface area contributed by atoms with Gasteiger partial charge in [-0.3, -0.25) is 0 Å². The van der Waals surface area contributed by atoms with Crippen molar-refractivity contribution in [2.45, 2.75) is 31.6 Å². The molecule has 0 aliphatic heterocycles. The summed E-state index contributed by atoms with van der Waals surface area (Å²) in [6.07, 6.45) is 3.09. The van der Waals surface area contributed by atoms with E-state index >= 15 is 0 Å². The molecule has 1 aliphatic carbocycles. The maximum Gasteiger partial charge on any atom is 0.127 e. The molecule has 2 nitrogen and oxygen atoms in total. The summed E-state index contributed by atoms with van der Waals surface area (Å²) in [5.74, 6) is 0.597. The van der Waals surface area contributed by atoms with Crippen molar-refractivity contribution in [2.24, 2.45) is 5.73 Å². The second-order valence-corrected chi connectivity index (χ2v) is 4.64. The lowest BCUT2D eigenvalue weighted by Gasteiger charge is -2.41. The summed E-state index contributed by atoms with van der Waals surface area (Å²) in [5.41, 5.74) is 7.20. The molecule has 16 heavy (non-hydrogen) atoms. The van der Waals surface area contributed by atoms with Gasteiger partial charge in [-0.15, -0.1) is 0 Å². The molecule has 0 amide bonds. The second-order valence-electron chi connectivity index (χ2n) is 4.64. The zero-order chi connectivity index (χ0) is 11.8. The number of hydrogen-bond donors (Lipinski definition) is 1. The molecule has 0 atom stereocenters. The summed E-state index contributed by atoms with van der Waals surface area (Å²) < 4.78 is 19.2. The number of halogens is 1. The van der Waals surface area contributed by atoms with Crippen molar-refractivity contribution in [1.29, 1.82) is 0 Å². The molecule has 1 saturated carbocycles. The minimum Gasteiger partial charge on any atom is -0.496 e. The second kappa shape index (κ2) is 4.06. The Balaban J connectivity index is 2.47. The van der Waals surface area contributed by atoms with Crippen molar-refractivity contribution in [3.05, 3.63) is 29.1 Å². The first-order chi connectivity index (χ1) is 7.63. The Bertz CT molecular complexity index is 394. The Morgan fingerprint density at radius 1 is 1.44 bits per heavy atom. The summed E-state index contributed by atoms with van der Waals surface area (Å²) in [4.78, 5) is 0. The lowest BCUT2D eigenvalue weighted by molar-refractivity contribution is 0.243. The summed E-state index contributed by atoms with van der Waals surface area (Å²) in [7, 11) is 1.61. The van der Waals surface area contributed by atoms with Gasteiger partial charge in [0, 0.05) is 12.0 Å². The molecule has 0 bridgehead atoms. The fourth-order valence-electron chi connectivity index (χ4n) is 2.47. The van der Waals surface area contributed by atoms with E-state index in [2.05, 4.69) is 0 Å². The Kier molecular flexibility index (Phi) is 2.89. The number of benzene rings is 1. The van der Waals surface area contributed by atoms with Crippen LogP contribution in [0, 0.1) is 12.7 Å². The topological polar surface area (TPSA) is 35.2 Å². The van der Waals surface area contributed by atoms with E-state index in [1.54, 1.807) is 13.2 Å². The van der Waals surface area contributed by atoms with Crippen LogP contribution in [0.5, 0.6) is 5.75 Å². The summed E-state index contributed by atoms with van der Waals surface area (Å²) in [6, 6.07) is 3.36. The predicted octanol–water partition coefficient (Wildman–Crippen LogP) is 2.52. The van der Waals surface area contributed by atoms with Crippen molar-refractivity contribution < 1.29 is 9.13 Å². The number of rotatable bonds is 3. The minimum absolute atomic E-state index is 0.148. The average Bonchev–Trinajstić information content (AvgIpc) is 2.20. The maximum absolute atomic E-state index is 14.0. The predicted molar refractivity (Wildman–Crippen MR) is 62.3 cm³/mol. The number of aryl methyl sites for hydroxylation is 1. The molecule has 0 saturated heterocycles. The average molecular weight is 223 g/mol. The number of hydrogen-bond acceptors (Lipinski definition) is 2. The summed E-state index contributed by atoms with van der Waals surface area (Å²) in [5, 5.41) is 0. The Labute approximate surface area is 95.6 Å². The van der Waals surface area contributed by atoms with Crippen LogP contribution in [-0.2, 0) is 5.41 Å². The normalized spacial score (nSPS) is 18.0. The highest BCUT2D eigenvalue weighted by Gasteiger charge is 2.39. The van der Waals surface area contributed by atoms with Gasteiger partial charge in [-0.1, -0.05) is 6.42 Å². The van der Waals surface area contributed by atoms with Crippen LogP contribution in [-0.4, -0.2) is 13.7 Å². The van der Waals surface area contributed by atoms with Gasteiger partial charge in [-0.2, -0.15) is 0 Å². The van der Waals surface area contributed by atoms with Crippen molar-refractivity contribution in [2.75, 3.05) is 13.7 Å². The van der Waals surface area contributed by atoms with Gasteiger partial charge < -0.3 is 10.5 Å². The van der Waals surface area contributed by atoms with Crippen molar-refractivity contribution in [3.8, 4) is 5.75 Å². The molecule has 1 aliphatic rings. The molecule has 0 aromatic heterocycles. The number of nitrogens with two attached hydrogens (primary N) is 1. The number of methoxy groups -OCH3 is 1. The molecule has 0 spiro atoms. The van der Waals surface area contributed by atoms with E-state index in [0.717, 1.165) is 36.1 Å². The van der Waals surface area contributed by atoms with Crippen LogP contribution in [0.1, 0.15) is 30.4 Å². The Hall–Kier alpha value is -1.09. The third-order valence-corrected chi connectivity index (χ3v) is 3.76. The molecular formula is C13H18FNO.